The number of nitrogens with two attached hydrogens (primary N) is 1. The molecule has 1 saturated heterocycles. The standard InChI is InChI=1S/C18H29N3O2/c1-14(2)21(3)13-16-6-4-5-15(11-16)12-20-17(22)18(19)7-9-23-10-8-18/h4-6,11,14H,7-10,12-13,19H2,1-3H3,(H,20,22). The Morgan fingerprint density at radius 1 is 1.35 bits per heavy atom. The Balaban J connectivity index is 1.91. The van der Waals surface area contributed by atoms with Crippen LogP contribution in [0.1, 0.15) is 37.8 Å². The van der Waals surface area contributed by atoms with Crippen molar-refractivity contribution < 1.29 is 9.53 Å². The first-order valence-electron chi connectivity index (χ1n) is 8.34. The van der Waals surface area contributed by atoms with E-state index >= 15 is 0 Å². The van der Waals surface area contributed by atoms with E-state index in [4.69, 9.17) is 10.5 Å². The van der Waals surface area contributed by atoms with Gasteiger partial charge in [-0.3, -0.25) is 9.69 Å². The van der Waals surface area contributed by atoms with Gasteiger partial charge >= 0.3 is 0 Å². The molecule has 0 atom stereocenters. The second-order valence-electron chi connectivity index (χ2n) is 6.78. The molecule has 0 radical (unpaired) electrons. The molecule has 128 valence electrons. The average molecular weight is 319 g/mol. The van der Waals surface area contributed by atoms with Gasteiger partial charge in [0.05, 0.1) is 5.54 Å². The van der Waals surface area contributed by atoms with Crippen LogP contribution in [-0.4, -0.2) is 42.6 Å². The zero-order valence-electron chi connectivity index (χ0n) is 14.5. The molecule has 1 aliphatic heterocycles. The number of hydrogen-bond acceptors (Lipinski definition) is 4. The topological polar surface area (TPSA) is 67.6 Å². The first-order valence-corrected chi connectivity index (χ1v) is 8.34. The molecule has 0 saturated carbocycles. The molecular weight excluding hydrogens is 290 g/mol. The Bertz CT molecular complexity index is 525. The van der Waals surface area contributed by atoms with Gasteiger partial charge in [-0.15, -0.1) is 0 Å². The summed E-state index contributed by atoms with van der Waals surface area (Å²) in [5, 5.41) is 2.98. The smallest absolute Gasteiger partial charge is 0.240 e. The highest BCUT2D eigenvalue weighted by atomic mass is 16.5. The first kappa shape index (κ1) is 17.9. The summed E-state index contributed by atoms with van der Waals surface area (Å²) in [6, 6.07) is 8.84. The van der Waals surface area contributed by atoms with Gasteiger partial charge in [-0.25, -0.2) is 0 Å². The lowest BCUT2D eigenvalue weighted by atomic mass is 9.90. The molecule has 5 heteroatoms. The molecule has 0 aromatic heterocycles. The fourth-order valence-electron chi connectivity index (χ4n) is 2.63. The van der Waals surface area contributed by atoms with E-state index in [0.717, 1.165) is 12.1 Å². The number of rotatable bonds is 6. The summed E-state index contributed by atoms with van der Waals surface area (Å²) in [7, 11) is 2.11. The maximum atomic E-state index is 12.3. The third kappa shape index (κ3) is 5.03. The van der Waals surface area contributed by atoms with Crippen molar-refractivity contribution in [3.05, 3.63) is 35.4 Å². The van der Waals surface area contributed by atoms with Crippen molar-refractivity contribution >= 4 is 5.91 Å². The van der Waals surface area contributed by atoms with Gasteiger partial charge in [0.25, 0.3) is 0 Å². The van der Waals surface area contributed by atoms with E-state index in [-0.39, 0.29) is 5.91 Å². The number of amides is 1. The number of carbonyl (C=O) groups excluding carboxylic acids is 1. The summed E-state index contributed by atoms with van der Waals surface area (Å²) in [4.78, 5) is 14.6. The number of nitrogens with one attached hydrogen (secondary N) is 1. The summed E-state index contributed by atoms with van der Waals surface area (Å²) in [5.41, 5.74) is 7.77. The SMILES string of the molecule is CC(C)N(C)Cc1cccc(CNC(=O)C2(N)CCOCC2)c1. The number of benzene rings is 1. The summed E-state index contributed by atoms with van der Waals surface area (Å²) < 4.78 is 5.29. The van der Waals surface area contributed by atoms with E-state index in [2.05, 4.69) is 43.2 Å². The molecule has 0 bridgehead atoms. The lowest BCUT2D eigenvalue weighted by Gasteiger charge is -2.31. The molecule has 0 unspecified atom stereocenters. The Morgan fingerprint density at radius 3 is 2.65 bits per heavy atom. The zero-order chi connectivity index (χ0) is 16.9. The second-order valence-corrected chi connectivity index (χ2v) is 6.78. The molecule has 2 rings (SSSR count). The van der Waals surface area contributed by atoms with Crippen molar-refractivity contribution in [2.24, 2.45) is 5.73 Å². The molecule has 5 nitrogen and oxygen atoms in total. The highest BCUT2D eigenvalue weighted by Crippen LogP contribution is 2.18. The lowest BCUT2D eigenvalue weighted by Crippen LogP contribution is -2.56. The van der Waals surface area contributed by atoms with Crippen LogP contribution in [0.2, 0.25) is 0 Å². The molecule has 1 fully saturated rings. The number of ether oxygens (including phenoxy) is 1. The van der Waals surface area contributed by atoms with Gasteiger partial charge in [0.1, 0.15) is 0 Å². The van der Waals surface area contributed by atoms with Crippen molar-refractivity contribution in [2.75, 3.05) is 20.3 Å². The molecule has 1 aliphatic rings. The first-order chi connectivity index (χ1) is 10.9. The van der Waals surface area contributed by atoms with E-state index in [9.17, 15) is 4.79 Å². The van der Waals surface area contributed by atoms with Crippen molar-refractivity contribution in [3.8, 4) is 0 Å². The van der Waals surface area contributed by atoms with Crippen molar-refractivity contribution in [1.29, 1.82) is 0 Å². The monoisotopic (exact) mass is 319 g/mol. The van der Waals surface area contributed by atoms with Gasteiger partial charge in [-0.2, -0.15) is 0 Å². The molecule has 0 spiro atoms. The van der Waals surface area contributed by atoms with Gasteiger partial charge in [-0.1, -0.05) is 24.3 Å². The van der Waals surface area contributed by atoms with E-state index in [1.807, 2.05) is 12.1 Å². The zero-order valence-corrected chi connectivity index (χ0v) is 14.5. The predicted molar refractivity (Wildman–Crippen MR) is 91.9 cm³/mol. The molecule has 3 N–H and O–H groups in total. The summed E-state index contributed by atoms with van der Waals surface area (Å²) >= 11 is 0. The van der Waals surface area contributed by atoms with Crippen LogP contribution in [0, 0.1) is 0 Å². The minimum Gasteiger partial charge on any atom is -0.381 e. The maximum Gasteiger partial charge on any atom is 0.240 e. The third-order valence-corrected chi connectivity index (χ3v) is 4.60. The van der Waals surface area contributed by atoms with Crippen LogP contribution in [0.4, 0.5) is 0 Å². The van der Waals surface area contributed by atoms with Crippen LogP contribution >= 0.6 is 0 Å². The second kappa shape index (κ2) is 7.90. The number of carbonyl (C=O) groups is 1. The van der Waals surface area contributed by atoms with Gasteiger partial charge in [0.2, 0.25) is 5.91 Å². The van der Waals surface area contributed by atoms with E-state index in [0.29, 0.717) is 38.6 Å². The minimum absolute atomic E-state index is 0.0782. The maximum absolute atomic E-state index is 12.3. The van der Waals surface area contributed by atoms with Crippen LogP contribution in [0.15, 0.2) is 24.3 Å². The predicted octanol–water partition coefficient (Wildman–Crippen LogP) is 1.65. The Morgan fingerprint density at radius 2 is 2.00 bits per heavy atom. The normalized spacial score (nSPS) is 17.5. The van der Waals surface area contributed by atoms with Crippen LogP contribution in [0.25, 0.3) is 0 Å². The fraction of sp³-hybridized carbons (Fsp3) is 0.611. The van der Waals surface area contributed by atoms with Gasteiger partial charge in [0.15, 0.2) is 0 Å². The molecule has 1 heterocycles. The van der Waals surface area contributed by atoms with E-state index in [1.54, 1.807) is 0 Å². The van der Waals surface area contributed by atoms with E-state index < -0.39 is 5.54 Å². The Kier molecular flexibility index (Phi) is 6.16. The summed E-state index contributed by atoms with van der Waals surface area (Å²) in [6.45, 7) is 6.88. The van der Waals surface area contributed by atoms with Gasteiger partial charge in [0, 0.05) is 32.3 Å². The molecular formula is C18H29N3O2. The fourth-order valence-corrected chi connectivity index (χ4v) is 2.63. The van der Waals surface area contributed by atoms with Crippen LogP contribution in [-0.2, 0) is 22.6 Å². The van der Waals surface area contributed by atoms with Gasteiger partial charge in [-0.05, 0) is 44.9 Å². The van der Waals surface area contributed by atoms with Gasteiger partial charge < -0.3 is 15.8 Å². The highest BCUT2D eigenvalue weighted by Gasteiger charge is 2.35. The quantitative estimate of drug-likeness (QED) is 0.837. The Labute approximate surface area is 139 Å². The summed E-state index contributed by atoms with van der Waals surface area (Å²) in [5.74, 6) is -0.0782. The average Bonchev–Trinajstić information content (AvgIpc) is 2.53. The lowest BCUT2D eigenvalue weighted by molar-refractivity contribution is -0.129. The van der Waals surface area contributed by atoms with E-state index in [1.165, 1.54) is 5.56 Å². The minimum atomic E-state index is -0.784. The molecule has 23 heavy (non-hydrogen) atoms. The third-order valence-electron chi connectivity index (χ3n) is 4.60. The van der Waals surface area contributed by atoms with Crippen molar-refractivity contribution in [2.45, 2.75) is 51.4 Å². The highest BCUT2D eigenvalue weighted by molar-refractivity contribution is 5.86. The van der Waals surface area contributed by atoms with Crippen molar-refractivity contribution in [1.82, 2.24) is 10.2 Å². The largest absolute Gasteiger partial charge is 0.381 e. The molecule has 0 aliphatic carbocycles. The van der Waals surface area contributed by atoms with Crippen LogP contribution in [0.5, 0.6) is 0 Å². The van der Waals surface area contributed by atoms with Crippen molar-refractivity contribution in [3.63, 3.8) is 0 Å². The molecule has 1 amide bonds. The summed E-state index contributed by atoms with van der Waals surface area (Å²) in [6.07, 6.45) is 1.16. The number of hydrogen-bond donors (Lipinski definition) is 2. The molecule has 1 aromatic rings. The molecule has 1 aromatic carbocycles. The number of nitrogens with zero attached hydrogens (tertiary/aromatic N) is 1. The van der Waals surface area contributed by atoms with Crippen LogP contribution in [0.3, 0.4) is 0 Å². The van der Waals surface area contributed by atoms with Crippen LogP contribution < -0.4 is 11.1 Å². The Hall–Kier alpha value is -1.43.